The first-order valence-corrected chi connectivity index (χ1v) is 4.86. The van der Waals surface area contributed by atoms with Gasteiger partial charge in [0.15, 0.2) is 0 Å². The fourth-order valence-electron chi connectivity index (χ4n) is 1.74. The van der Waals surface area contributed by atoms with Crippen molar-refractivity contribution in [3.05, 3.63) is 30.2 Å². The van der Waals surface area contributed by atoms with Crippen molar-refractivity contribution in [3.63, 3.8) is 0 Å². The smallest absolute Gasteiger partial charge is 0.323 e. The molecule has 2 aromatic rings. The zero-order chi connectivity index (χ0) is 11.0. The number of nitrogens with zero attached hydrogens (tertiary/aromatic N) is 2. The molecule has 0 aliphatic heterocycles. The van der Waals surface area contributed by atoms with Gasteiger partial charge in [0, 0.05) is 24.0 Å². The first-order chi connectivity index (χ1) is 7.11. The van der Waals surface area contributed by atoms with Crippen LogP contribution in [0.2, 0.25) is 0 Å². The molecule has 0 aliphatic rings. The molecule has 2 N–H and O–H groups in total. The number of carbonyl (C=O) groups is 1. The summed E-state index contributed by atoms with van der Waals surface area (Å²) in [4.78, 5) is 15.3. The lowest BCUT2D eigenvalue weighted by Crippen LogP contribution is -2.18. The van der Waals surface area contributed by atoms with Gasteiger partial charge >= 0.3 is 6.03 Å². The summed E-state index contributed by atoms with van der Waals surface area (Å²) < 4.78 is 1.46. The molecule has 0 unspecified atom stereocenters. The topological polar surface area (TPSA) is 60.9 Å². The van der Waals surface area contributed by atoms with Gasteiger partial charge in [0.05, 0.1) is 5.52 Å². The minimum atomic E-state index is -0.460. The summed E-state index contributed by atoms with van der Waals surface area (Å²) in [5.41, 5.74) is 7.21. The Morgan fingerprint density at radius 3 is 2.87 bits per heavy atom. The number of carbonyl (C=O) groups excluding carboxylic acids is 1. The van der Waals surface area contributed by atoms with Crippen LogP contribution in [-0.4, -0.2) is 15.6 Å². The number of fused-ring (bicyclic) bond motifs is 1. The van der Waals surface area contributed by atoms with Crippen molar-refractivity contribution in [1.29, 1.82) is 0 Å². The summed E-state index contributed by atoms with van der Waals surface area (Å²) in [6.07, 6.45) is 5.22. The van der Waals surface area contributed by atoms with Crippen LogP contribution in [0.3, 0.4) is 0 Å². The fraction of sp³-hybridized carbons (Fsp3) is 0.273. The highest BCUT2D eigenvalue weighted by atomic mass is 16.2. The number of hydrogen-bond donors (Lipinski definition) is 1. The minimum absolute atomic E-state index is 0.345. The number of amides is 1. The average Bonchev–Trinajstić information content (AvgIpc) is 2.56. The molecule has 1 amide bonds. The molecule has 15 heavy (non-hydrogen) atoms. The van der Waals surface area contributed by atoms with Gasteiger partial charge < -0.3 is 5.73 Å². The molecule has 2 rings (SSSR count). The van der Waals surface area contributed by atoms with Crippen LogP contribution in [0.4, 0.5) is 4.79 Å². The molecule has 0 bridgehead atoms. The highest BCUT2D eigenvalue weighted by Gasteiger charge is 2.13. The van der Waals surface area contributed by atoms with Gasteiger partial charge in [-0.15, -0.1) is 0 Å². The van der Waals surface area contributed by atoms with E-state index in [9.17, 15) is 4.79 Å². The van der Waals surface area contributed by atoms with Gasteiger partial charge in [-0.05, 0) is 17.5 Å². The monoisotopic (exact) mass is 203 g/mol. The fourth-order valence-corrected chi connectivity index (χ4v) is 1.74. The van der Waals surface area contributed by atoms with Crippen molar-refractivity contribution in [3.8, 4) is 0 Å². The van der Waals surface area contributed by atoms with Crippen molar-refractivity contribution in [2.45, 2.75) is 19.8 Å². The van der Waals surface area contributed by atoms with Gasteiger partial charge in [0.25, 0.3) is 0 Å². The largest absolute Gasteiger partial charge is 0.351 e. The van der Waals surface area contributed by atoms with Crippen molar-refractivity contribution in [2.24, 2.45) is 5.73 Å². The van der Waals surface area contributed by atoms with Gasteiger partial charge in [-0.3, -0.25) is 9.55 Å². The third-order valence-electron chi connectivity index (χ3n) is 2.50. The zero-order valence-electron chi connectivity index (χ0n) is 8.77. The SMILES string of the molecule is CC(C)c1cn(C(N)=O)c2ccncc12. The first kappa shape index (κ1) is 9.71. The number of rotatable bonds is 1. The molecule has 78 valence electrons. The van der Waals surface area contributed by atoms with E-state index in [-0.39, 0.29) is 0 Å². The molecule has 2 heterocycles. The first-order valence-electron chi connectivity index (χ1n) is 4.86. The maximum atomic E-state index is 11.2. The van der Waals surface area contributed by atoms with Gasteiger partial charge in [0.2, 0.25) is 0 Å². The summed E-state index contributed by atoms with van der Waals surface area (Å²) in [7, 11) is 0. The van der Waals surface area contributed by atoms with E-state index in [0.29, 0.717) is 5.92 Å². The van der Waals surface area contributed by atoms with Gasteiger partial charge in [-0.1, -0.05) is 13.8 Å². The molecule has 0 saturated heterocycles. The Morgan fingerprint density at radius 1 is 1.53 bits per heavy atom. The van der Waals surface area contributed by atoms with E-state index in [1.165, 1.54) is 4.57 Å². The number of pyridine rings is 1. The standard InChI is InChI=1S/C11H13N3O/c1-7(2)9-6-14(11(12)15)10-3-4-13-5-8(9)10/h3-7H,1-2H3,(H2,12,15). The average molecular weight is 203 g/mol. The van der Waals surface area contributed by atoms with Gasteiger partial charge in [0.1, 0.15) is 0 Å². The Kier molecular flexibility index (Phi) is 2.19. The van der Waals surface area contributed by atoms with E-state index in [2.05, 4.69) is 18.8 Å². The van der Waals surface area contributed by atoms with Crippen molar-refractivity contribution < 1.29 is 4.79 Å². The van der Waals surface area contributed by atoms with Crippen LogP contribution in [0, 0.1) is 0 Å². The van der Waals surface area contributed by atoms with Crippen molar-refractivity contribution in [1.82, 2.24) is 9.55 Å². The summed E-state index contributed by atoms with van der Waals surface area (Å²) >= 11 is 0. The second-order valence-electron chi connectivity index (χ2n) is 3.84. The van der Waals surface area contributed by atoms with E-state index in [4.69, 9.17) is 5.73 Å². The molecular formula is C11H13N3O. The Morgan fingerprint density at radius 2 is 2.27 bits per heavy atom. The molecule has 0 atom stereocenters. The number of hydrogen-bond acceptors (Lipinski definition) is 2. The lowest BCUT2D eigenvalue weighted by atomic mass is 10.0. The third-order valence-corrected chi connectivity index (χ3v) is 2.50. The van der Waals surface area contributed by atoms with Gasteiger partial charge in [-0.2, -0.15) is 0 Å². The Hall–Kier alpha value is -1.84. The predicted molar refractivity (Wildman–Crippen MR) is 58.8 cm³/mol. The van der Waals surface area contributed by atoms with Crippen molar-refractivity contribution in [2.75, 3.05) is 0 Å². The molecule has 0 aliphatic carbocycles. The second kappa shape index (κ2) is 3.38. The molecule has 0 saturated carbocycles. The summed E-state index contributed by atoms with van der Waals surface area (Å²) in [6.45, 7) is 4.15. The summed E-state index contributed by atoms with van der Waals surface area (Å²) in [6, 6.07) is 1.34. The number of aromatic nitrogens is 2. The van der Waals surface area contributed by atoms with Crippen LogP contribution in [0.1, 0.15) is 25.3 Å². The van der Waals surface area contributed by atoms with Crippen molar-refractivity contribution >= 4 is 16.9 Å². The Labute approximate surface area is 87.7 Å². The highest BCUT2D eigenvalue weighted by molar-refractivity contribution is 5.92. The molecule has 0 radical (unpaired) electrons. The van der Waals surface area contributed by atoms with E-state index in [1.807, 2.05) is 0 Å². The lowest BCUT2D eigenvalue weighted by molar-refractivity contribution is 0.251. The maximum absolute atomic E-state index is 11.2. The van der Waals surface area contributed by atoms with Crippen LogP contribution in [-0.2, 0) is 0 Å². The predicted octanol–water partition coefficient (Wildman–Crippen LogP) is 2.09. The molecular weight excluding hydrogens is 190 g/mol. The van der Waals surface area contributed by atoms with Crippen LogP contribution in [0.25, 0.3) is 10.9 Å². The molecule has 4 nitrogen and oxygen atoms in total. The van der Waals surface area contributed by atoms with Crippen LogP contribution in [0.15, 0.2) is 24.7 Å². The molecule has 0 fully saturated rings. The molecule has 4 heteroatoms. The Bertz CT molecular complexity index is 514. The lowest BCUT2D eigenvalue weighted by Gasteiger charge is -2.00. The Balaban J connectivity index is 2.79. The molecule has 0 aromatic carbocycles. The second-order valence-corrected chi connectivity index (χ2v) is 3.84. The normalized spacial score (nSPS) is 11.1. The molecule has 2 aromatic heterocycles. The van der Waals surface area contributed by atoms with Crippen LogP contribution >= 0.6 is 0 Å². The third kappa shape index (κ3) is 1.48. The van der Waals surface area contributed by atoms with Crippen LogP contribution in [0.5, 0.6) is 0 Å². The zero-order valence-corrected chi connectivity index (χ0v) is 8.77. The van der Waals surface area contributed by atoms with E-state index in [1.54, 1.807) is 24.7 Å². The van der Waals surface area contributed by atoms with E-state index < -0.39 is 6.03 Å². The summed E-state index contributed by atoms with van der Waals surface area (Å²) in [5.74, 6) is 0.345. The summed E-state index contributed by atoms with van der Waals surface area (Å²) in [5, 5.41) is 0.992. The van der Waals surface area contributed by atoms with Gasteiger partial charge in [-0.25, -0.2) is 4.79 Å². The highest BCUT2D eigenvalue weighted by Crippen LogP contribution is 2.26. The maximum Gasteiger partial charge on any atom is 0.323 e. The molecule has 0 spiro atoms. The van der Waals surface area contributed by atoms with E-state index >= 15 is 0 Å². The van der Waals surface area contributed by atoms with E-state index in [0.717, 1.165) is 16.5 Å². The minimum Gasteiger partial charge on any atom is -0.351 e. The number of nitrogens with two attached hydrogens (primary N) is 1. The quantitative estimate of drug-likeness (QED) is 0.771. The number of primary amides is 1. The van der Waals surface area contributed by atoms with Crippen LogP contribution < -0.4 is 5.73 Å².